The smallest absolute Gasteiger partial charge is 0.104 e. The van der Waals surface area contributed by atoms with Gasteiger partial charge in [-0.3, -0.25) is 0 Å². The van der Waals surface area contributed by atoms with Crippen LogP contribution in [0.3, 0.4) is 0 Å². The first-order chi connectivity index (χ1) is 22.2. The third-order valence-electron chi connectivity index (χ3n) is 8.92. The Bertz CT molecular complexity index is 2320. The van der Waals surface area contributed by atoms with Crippen LogP contribution in [0.1, 0.15) is 39.9 Å². The highest BCUT2D eigenvalue weighted by molar-refractivity contribution is 5.97. The first-order valence-corrected chi connectivity index (χ1v) is 15.3. The Balaban J connectivity index is 1.44. The van der Waals surface area contributed by atoms with Crippen molar-refractivity contribution in [1.82, 2.24) is 4.57 Å². The zero-order valence-electron chi connectivity index (χ0n) is 24.6. The van der Waals surface area contributed by atoms with Gasteiger partial charge in [-0.2, -0.15) is 10.5 Å². The lowest BCUT2D eigenvalue weighted by molar-refractivity contribution is 0.886. The van der Waals surface area contributed by atoms with Gasteiger partial charge < -0.3 is 9.47 Å². The fourth-order valence-electron chi connectivity index (χ4n) is 6.86. The number of nitrogens with zero attached hydrogens (tertiary/aromatic N) is 4. The van der Waals surface area contributed by atoms with E-state index in [1.165, 1.54) is 27.8 Å². The zero-order valence-corrected chi connectivity index (χ0v) is 24.6. The minimum Gasteiger partial charge on any atom is -0.312 e. The van der Waals surface area contributed by atoms with Gasteiger partial charge in [0.1, 0.15) is 17.7 Å². The van der Waals surface area contributed by atoms with E-state index in [1.54, 1.807) is 0 Å². The number of benzene rings is 5. The molecule has 0 bridgehead atoms. The quantitative estimate of drug-likeness (QED) is 0.210. The maximum absolute atomic E-state index is 11.0. The normalized spacial score (nSPS) is 13.2. The van der Waals surface area contributed by atoms with Gasteiger partial charge in [0, 0.05) is 28.0 Å². The molecule has 1 heterocycles. The molecule has 0 spiro atoms. The molecule has 0 N–H and O–H groups in total. The zero-order chi connectivity index (χ0) is 30.3. The van der Waals surface area contributed by atoms with Gasteiger partial charge in [0.2, 0.25) is 0 Å². The first kappa shape index (κ1) is 26.5. The fourth-order valence-corrected chi connectivity index (χ4v) is 6.86. The van der Waals surface area contributed by atoms with Crippen LogP contribution in [0.2, 0.25) is 0 Å². The molecule has 0 saturated carbocycles. The number of nitriles is 2. The summed E-state index contributed by atoms with van der Waals surface area (Å²) in [5.41, 5.74) is 10.00. The SMILES string of the molecule is N#Cc1ccc(-n2c3c(c4cc5c(cc42)CC=CC=C5)C=CCC3)c(C#N)c1N(c1ccccc1)c1ccc2ccccc2c1. The minimum atomic E-state index is 0.446. The summed E-state index contributed by atoms with van der Waals surface area (Å²) in [6.07, 6.45) is 15.7. The van der Waals surface area contributed by atoms with Crippen molar-refractivity contribution in [2.75, 3.05) is 4.90 Å². The highest BCUT2D eigenvalue weighted by Gasteiger charge is 2.27. The molecule has 8 rings (SSSR count). The first-order valence-electron chi connectivity index (χ1n) is 15.3. The van der Waals surface area contributed by atoms with E-state index in [9.17, 15) is 10.5 Å². The van der Waals surface area contributed by atoms with Crippen LogP contribution in [0, 0.1) is 22.7 Å². The molecule has 2 aliphatic carbocycles. The monoisotopic (exact) mass is 576 g/mol. The second kappa shape index (κ2) is 10.9. The van der Waals surface area contributed by atoms with Crippen molar-refractivity contribution in [2.45, 2.75) is 19.3 Å². The van der Waals surface area contributed by atoms with Crippen molar-refractivity contribution in [2.24, 2.45) is 0 Å². The van der Waals surface area contributed by atoms with E-state index in [2.05, 4.69) is 101 Å². The number of rotatable bonds is 4. The number of fused-ring (bicyclic) bond motifs is 5. The number of hydrogen-bond acceptors (Lipinski definition) is 3. The summed E-state index contributed by atoms with van der Waals surface area (Å²) < 4.78 is 2.28. The molecule has 0 amide bonds. The van der Waals surface area contributed by atoms with E-state index in [1.807, 2.05) is 54.6 Å². The number of aromatic nitrogens is 1. The lowest BCUT2D eigenvalue weighted by atomic mass is 9.98. The molecule has 45 heavy (non-hydrogen) atoms. The van der Waals surface area contributed by atoms with Crippen molar-refractivity contribution >= 4 is 50.9 Å². The summed E-state index contributed by atoms with van der Waals surface area (Å²) in [7, 11) is 0. The Morgan fingerprint density at radius 1 is 0.711 bits per heavy atom. The van der Waals surface area contributed by atoms with E-state index >= 15 is 0 Å². The summed E-state index contributed by atoms with van der Waals surface area (Å²) in [6.45, 7) is 0. The number of anilines is 3. The summed E-state index contributed by atoms with van der Waals surface area (Å²) in [6, 6.07) is 37.9. The van der Waals surface area contributed by atoms with E-state index < -0.39 is 0 Å². The molecular formula is C41H28N4. The molecule has 2 aliphatic rings. The van der Waals surface area contributed by atoms with Crippen LogP contribution >= 0.6 is 0 Å². The predicted molar refractivity (Wildman–Crippen MR) is 184 cm³/mol. The second-order valence-corrected chi connectivity index (χ2v) is 11.5. The summed E-state index contributed by atoms with van der Waals surface area (Å²) in [4.78, 5) is 2.06. The molecule has 0 saturated heterocycles. The second-order valence-electron chi connectivity index (χ2n) is 11.5. The summed E-state index contributed by atoms with van der Waals surface area (Å²) in [5.74, 6) is 0. The Morgan fingerprint density at radius 2 is 1.56 bits per heavy atom. The van der Waals surface area contributed by atoms with Crippen molar-refractivity contribution in [3.63, 3.8) is 0 Å². The molecule has 0 aliphatic heterocycles. The van der Waals surface area contributed by atoms with Gasteiger partial charge in [0.05, 0.1) is 22.5 Å². The Hall–Kier alpha value is -6.10. The van der Waals surface area contributed by atoms with Gasteiger partial charge in [-0.25, -0.2) is 0 Å². The van der Waals surface area contributed by atoms with Crippen LogP contribution in [0.15, 0.2) is 121 Å². The van der Waals surface area contributed by atoms with Gasteiger partial charge in [-0.15, -0.1) is 0 Å². The lowest BCUT2D eigenvalue weighted by Gasteiger charge is -2.29. The maximum atomic E-state index is 11.0. The standard InChI is InChI=1S/C41H28N4/c42-26-32-20-22-39(45-38-18-10-9-17-35(38)36-24-30-12-3-1-4-13-31(30)25-40(36)45)37(27-43)41(32)44(33-15-5-2-6-16-33)34-21-19-28-11-7-8-14-29(28)23-34/h1-9,11-12,14-17,19-25H,10,13,18H2. The summed E-state index contributed by atoms with van der Waals surface area (Å²) >= 11 is 0. The van der Waals surface area contributed by atoms with Crippen LogP contribution in [0.5, 0.6) is 0 Å². The number of para-hydroxylation sites is 1. The van der Waals surface area contributed by atoms with Crippen molar-refractivity contribution in [1.29, 1.82) is 10.5 Å². The Labute approximate surface area is 262 Å². The van der Waals surface area contributed by atoms with Gasteiger partial charge in [-0.1, -0.05) is 85.0 Å². The van der Waals surface area contributed by atoms with E-state index in [4.69, 9.17) is 0 Å². The van der Waals surface area contributed by atoms with Crippen LogP contribution in [-0.4, -0.2) is 4.57 Å². The minimum absolute atomic E-state index is 0.446. The van der Waals surface area contributed by atoms with Crippen LogP contribution in [0.4, 0.5) is 17.1 Å². The van der Waals surface area contributed by atoms with Gasteiger partial charge in [-0.05, 0) is 89.7 Å². The van der Waals surface area contributed by atoms with Gasteiger partial charge in [0.15, 0.2) is 0 Å². The van der Waals surface area contributed by atoms with E-state index in [0.717, 1.165) is 52.6 Å². The Morgan fingerprint density at radius 3 is 2.40 bits per heavy atom. The molecule has 4 nitrogen and oxygen atoms in total. The highest BCUT2D eigenvalue weighted by atomic mass is 15.2. The average molecular weight is 577 g/mol. The highest BCUT2D eigenvalue weighted by Crippen LogP contribution is 2.44. The maximum Gasteiger partial charge on any atom is 0.104 e. The fraction of sp³-hybridized carbons (Fsp3) is 0.0732. The molecule has 5 aromatic carbocycles. The average Bonchev–Trinajstić information content (AvgIpc) is 3.22. The third kappa shape index (κ3) is 4.36. The topological polar surface area (TPSA) is 55.8 Å². The number of hydrogen-bond donors (Lipinski definition) is 0. The van der Waals surface area contributed by atoms with Crippen molar-refractivity contribution in [3.8, 4) is 17.8 Å². The predicted octanol–water partition coefficient (Wildman–Crippen LogP) is 10.1. The summed E-state index contributed by atoms with van der Waals surface area (Å²) in [5, 5.41) is 24.9. The van der Waals surface area contributed by atoms with Crippen molar-refractivity contribution < 1.29 is 0 Å². The molecule has 6 aromatic rings. The van der Waals surface area contributed by atoms with Crippen molar-refractivity contribution in [3.05, 3.63) is 155 Å². The van der Waals surface area contributed by atoms with Crippen LogP contribution < -0.4 is 4.90 Å². The molecule has 0 atom stereocenters. The molecule has 0 fully saturated rings. The number of allylic oxidation sites excluding steroid dienone is 4. The molecule has 1 aromatic heterocycles. The molecular weight excluding hydrogens is 548 g/mol. The van der Waals surface area contributed by atoms with E-state index in [-0.39, 0.29) is 0 Å². The molecule has 4 heteroatoms. The molecule has 212 valence electrons. The third-order valence-corrected chi connectivity index (χ3v) is 8.92. The van der Waals surface area contributed by atoms with E-state index in [0.29, 0.717) is 16.8 Å². The van der Waals surface area contributed by atoms with Crippen LogP contribution in [0.25, 0.3) is 39.5 Å². The van der Waals surface area contributed by atoms with Crippen LogP contribution in [-0.2, 0) is 12.8 Å². The lowest BCUT2D eigenvalue weighted by Crippen LogP contribution is -2.15. The largest absolute Gasteiger partial charge is 0.312 e. The van der Waals surface area contributed by atoms with Gasteiger partial charge >= 0.3 is 0 Å². The van der Waals surface area contributed by atoms with Gasteiger partial charge in [0.25, 0.3) is 0 Å². The molecule has 0 unspecified atom stereocenters. The Kier molecular flexibility index (Phi) is 6.41. The molecule has 0 radical (unpaired) electrons.